The van der Waals surface area contributed by atoms with Gasteiger partial charge in [0.25, 0.3) is 0 Å². The van der Waals surface area contributed by atoms with Gasteiger partial charge in [0.2, 0.25) is 5.82 Å². The van der Waals surface area contributed by atoms with Gasteiger partial charge in [-0.1, -0.05) is 30.3 Å². The third kappa shape index (κ3) is 2.57. The van der Waals surface area contributed by atoms with Gasteiger partial charge in [-0.15, -0.1) is 0 Å². The summed E-state index contributed by atoms with van der Waals surface area (Å²) in [4.78, 5) is 18.7. The van der Waals surface area contributed by atoms with Gasteiger partial charge >= 0.3 is 10.0 Å². The van der Waals surface area contributed by atoms with Gasteiger partial charge in [0, 0.05) is 11.1 Å². The first kappa shape index (κ1) is 15.9. The quantitative estimate of drug-likeness (QED) is 0.635. The lowest BCUT2D eigenvalue weighted by molar-refractivity contribution is -0.104. The minimum atomic E-state index is -3.89. The van der Waals surface area contributed by atoms with Crippen LogP contribution in [-0.2, 0) is 14.8 Å². The Hall–Kier alpha value is -2.98. The maximum absolute atomic E-state index is 12.8. The van der Waals surface area contributed by atoms with Gasteiger partial charge in [-0.2, -0.15) is 12.4 Å². The molecule has 120 valence electrons. The van der Waals surface area contributed by atoms with E-state index in [1.807, 2.05) is 6.92 Å². The fourth-order valence-corrected chi connectivity index (χ4v) is 3.74. The smallest absolute Gasteiger partial charge is 0.321 e. The highest BCUT2D eigenvalue weighted by molar-refractivity contribution is 7.90. The molecule has 0 radical (unpaired) electrons. The fourth-order valence-electron chi connectivity index (χ4n) is 2.44. The van der Waals surface area contributed by atoms with Crippen molar-refractivity contribution in [2.75, 3.05) is 6.54 Å². The van der Waals surface area contributed by atoms with Gasteiger partial charge in [0.05, 0.1) is 18.5 Å². The van der Waals surface area contributed by atoms with Crippen LogP contribution in [0, 0.1) is 13.5 Å². The van der Waals surface area contributed by atoms with Gasteiger partial charge < -0.3 is 4.85 Å². The molecule has 0 saturated carbocycles. The maximum atomic E-state index is 12.8. The maximum Gasteiger partial charge on any atom is 0.321 e. The molecule has 0 aliphatic carbocycles. The molecule has 2 aromatic rings. The third-order valence-electron chi connectivity index (χ3n) is 3.69. The van der Waals surface area contributed by atoms with E-state index in [1.165, 1.54) is 24.4 Å². The lowest BCUT2D eigenvalue weighted by Crippen LogP contribution is -2.12. The van der Waals surface area contributed by atoms with Crippen molar-refractivity contribution in [2.24, 2.45) is 4.99 Å². The van der Waals surface area contributed by atoms with E-state index in [1.54, 1.807) is 18.2 Å². The van der Waals surface area contributed by atoms with E-state index in [-0.39, 0.29) is 10.7 Å². The summed E-state index contributed by atoms with van der Waals surface area (Å²) in [6.07, 6.45) is 3.67. The van der Waals surface area contributed by atoms with Gasteiger partial charge in [-0.25, -0.2) is 0 Å². The summed E-state index contributed by atoms with van der Waals surface area (Å²) >= 11 is 0. The molecular weight excluding hydrogens is 326 g/mol. The molecule has 1 aromatic carbocycles. The standard InChI is InChI=1S/C17H13N3O3S/c1-12-3-5-15(6-4-12)24(22,23)20-10-14(9-16(20)18-2)17-13(11-21)7-8-19-17/h3-7,9-11H,8H2,1H3. The van der Waals surface area contributed by atoms with Crippen molar-refractivity contribution in [1.82, 2.24) is 3.97 Å². The number of benzene rings is 1. The van der Waals surface area contributed by atoms with Crippen LogP contribution in [-0.4, -0.2) is 30.9 Å². The molecule has 0 N–H and O–H groups in total. The molecule has 0 atom stereocenters. The van der Waals surface area contributed by atoms with Crippen LogP contribution >= 0.6 is 0 Å². The minimum absolute atomic E-state index is 0.0505. The first-order chi connectivity index (χ1) is 11.5. The summed E-state index contributed by atoms with van der Waals surface area (Å²) in [5.74, 6) is -0.0505. The van der Waals surface area contributed by atoms with Crippen LogP contribution in [0.2, 0.25) is 0 Å². The van der Waals surface area contributed by atoms with Gasteiger partial charge in [0.1, 0.15) is 4.90 Å². The van der Waals surface area contributed by atoms with Crippen molar-refractivity contribution in [1.29, 1.82) is 0 Å². The van der Waals surface area contributed by atoms with Crippen molar-refractivity contribution < 1.29 is 13.2 Å². The second kappa shape index (κ2) is 5.91. The Bertz CT molecular complexity index is 1020. The van der Waals surface area contributed by atoms with E-state index in [0.29, 0.717) is 29.7 Å². The Balaban J connectivity index is 2.12. The molecular formula is C17H13N3O3S. The first-order valence-corrected chi connectivity index (χ1v) is 8.54. The SMILES string of the molecule is [C-]#[N+]c1cc(C2=NCC=C2C=O)cn1S(=O)(=O)c1ccc(C)cc1. The number of hydrogen-bond donors (Lipinski definition) is 0. The monoisotopic (exact) mass is 339 g/mol. The van der Waals surface area contributed by atoms with Crippen LogP contribution in [0.25, 0.3) is 4.85 Å². The molecule has 0 fully saturated rings. The fraction of sp³-hybridized carbons (Fsp3) is 0.118. The van der Waals surface area contributed by atoms with Crippen molar-refractivity contribution >= 4 is 27.8 Å². The molecule has 0 spiro atoms. The van der Waals surface area contributed by atoms with Gasteiger partial charge in [-0.05, 0) is 25.1 Å². The van der Waals surface area contributed by atoms with Crippen LogP contribution < -0.4 is 0 Å². The summed E-state index contributed by atoms with van der Waals surface area (Å²) < 4.78 is 26.5. The van der Waals surface area contributed by atoms with E-state index in [9.17, 15) is 13.2 Å². The Morgan fingerprint density at radius 1 is 1.29 bits per heavy atom. The molecule has 1 aliphatic heterocycles. The van der Waals surface area contributed by atoms with E-state index >= 15 is 0 Å². The van der Waals surface area contributed by atoms with Crippen molar-refractivity contribution in [3.05, 3.63) is 70.7 Å². The summed E-state index contributed by atoms with van der Waals surface area (Å²) in [5.41, 5.74) is 2.19. The van der Waals surface area contributed by atoms with Crippen LogP contribution in [0.5, 0.6) is 0 Å². The number of aldehydes is 1. The normalized spacial score (nSPS) is 14.0. The highest BCUT2D eigenvalue weighted by Gasteiger charge is 2.26. The topological polar surface area (TPSA) is 72.9 Å². The lowest BCUT2D eigenvalue weighted by Gasteiger charge is -2.04. The predicted molar refractivity (Wildman–Crippen MR) is 90.0 cm³/mol. The Morgan fingerprint density at radius 2 is 2.00 bits per heavy atom. The zero-order valence-corrected chi connectivity index (χ0v) is 13.6. The number of nitrogens with zero attached hydrogens (tertiary/aromatic N) is 3. The minimum Gasteiger partial charge on any atom is -0.363 e. The Morgan fingerprint density at radius 3 is 2.62 bits per heavy atom. The number of rotatable bonds is 4. The third-order valence-corrected chi connectivity index (χ3v) is 5.37. The molecule has 3 rings (SSSR count). The van der Waals surface area contributed by atoms with E-state index in [4.69, 9.17) is 6.57 Å². The van der Waals surface area contributed by atoms with E-state index in [0.717, 1.165) is 9.54 Å². The lowest BCUT2D eigenvalue weighted by atomic mass is 10.1. The zero-order valence-electron chi connectivity index (χ0n) is 12.8. The van der Waals surface area contributed by atoms with Crippen molar-refractivity contribution in [3.63, 3.8) is 0 Å². The largest absolute Gasteiger partial charge is 0.363 e. The number of carbonyl (C=O) groups is 1. The summed E-state index contributed by atoms with van der Waals surface area (Å²) in [7, 11) is -3.89. The number of hydrogen-bond acceptors (Lipinski definition) is 4. The molecule has 24 heavy (non-hydrogen) atoms. The number of aryl methyl sites for hydroxylation is 1. The summed E-state index contributed by atoms with van der Waals surface area (Å²) in [6, 6.07) is 7.83. The first-order valence-electron chi connectivity index (χ1n) is 7.10. The second-order valence-corrected chi connectivity index (χ2v) is 7.09. The molecule has 2 heterocycles. The highest BCUT2D eigenvalue weighted by Crippen LogP contribution is 2.27. The molecule has 6 nitrogen and oxygen atoms in total. The average molecular weight is 339 g/mol. The van der Waals surface area contributed by atoms with Crippen LogP contribution in [0.1, 0.15) is 11.1 Å². The van der Waals surface area contributed by atoms with Crippen LogP contribution in [0.3, 0.4) is 0 Å². The summed E-state index contributed by atoms with van der Waals surface area (Å²) in [6.45, 7) is 9.49. The molecule has 0 amide bonds. The molecule has 0 saturated heterocycles. The Kier molecular flexibility index (Phi) is 3.91. The van der Waals surface area contributed by atoms with Crippen LogP contribution in [0.15, 0.2) is 58.1 Å². The second-order valence-electron chi connectivity index (χ2n) is 5.28. The van der Waals surface area contributed by atoms with Gasteiger partial charge in [-0.3, -0.25) is 9.79 Å². The van der Waals surface area contributed by atoms with Gasteiger partial charge in [0.15, 0.2) is 6.29 Å². The van der Waals surface area contributed by atoms with E-state index in [2.05, 4.69) is 9.84 Å². The number of aliphatic imine (C=N–C) groups is 1. The van der Waals surface area contributed by atoms with Crippen molar-refractivity contribution in [3.8, 4) is 0 Å². The molecule has 7 heteroatoms. The Labute approximate surface area is 139 Å². The number of aromatic nitrogens is 1. The predicted octanol–water partition coefficient (Wildman–Crippen LogP) is 2.51. The molecule has 0 bridgehead atoms. The molecule has 1 aromatic heterocycles. The molecule has 1 aliphatic rings. The number of allylic oxidation sites excluding steroid dienone is 1. The molecule has 0 unspecified atom stereocenters. The van der Waals surface area contributed by atoms with Crippen molar-refractivity contribution in [2.45, 2.75) is 11.8 Å². The van der Waals surface area contributed by atoms with Crippen LogP contribution in [0.4, 0.5) is 5.82 Å². The summed E-state index contributed by atoms with van der Waals surface area (Å²) in [5, 5.41) is 0. The zero-order chi connectivity index (χ0) is 17.3. The van der Waals surface area contributed by atoms with E-state index < -0.39 is 10.0 Å². The highest BCUT2D eigenvalue weighted by atomic mass is 32.2. The average Bonchev–Trinajstić information content (AvgIpc) is 3.21. The number of carbonyl (C=O) groups excluding carboxylic acids is 1.